The standard InChI is InChI=1S/C2H4O2.ClO.Na/c1-2(3)4;1-2;/h1H3,(H,3,4);;/q;-1;+1. The van der Waals surface area contributed by atoms with E-state index in [4.69, 9.17) is 14.6 Å². The van der Waals surface area contributed by atoms with Gasteiger partial charge in [0, 0.05) is 6.92 Å². The van der Waals surface area contributed by atoms with Crippen LogP contribution in [0.1, 0.15) is 6.92 Å². The maximum absolute atomic E-state index is 9.00. The van der Waals surface area contributed by atoms with Gasteiger partial charge in [-0.25, -0.2) is 11.9 Å². The first-order valence-electron chi connectivity index (χ1n) is 1.08. The van der Waals surface area contributed by atoms with Gasteiger partial charge < -0.3 is 9.77 Å². The van der Waals surface area contributed by atoms with E-state index in [1.165, 1.54) is 0 Å². The fourth-order valence-corrected chi connectivity index (χ4v) is 0. The molecule has 0 aliphatic heterocycles. The van der Waals surface area contributed by atoms with E-state index in [2.05, 4.69) is 11.9 Å². The summed E-state index contributed by atoms with van der Waals surface area (Å²) >= 11 is 3.39. The molecule has 0 saturated carbocycles. The first kappa shape index (κ1) is 15.6. The van der Waals surface area contributed by atoms with E-state index in [0.29, 0.717) is 0 Å². The van der Waals surface area contributed by atoms with Crippen molar-refractivity contribution in [1.82, 2.24) is 0 Å². The van der Waals surface area contributed by atoms with E-state index in [0.717, 1.165) is 6.92 Å². The van der Waals surface area contributed by atoms with Gasteiger partial charge in [0.25, 0.3) is 5.97 Å². The van der Waals surface area contributed by atoms with E-state index in [9.17, 15) is 0 Å². The van der Waals surface area contributed by atoms with Crippen LogP contribution in [-0.4, -0.2) is 11.1 Å². The maximum atomic E-state index is 9.00. The SMILES string of the molecule is CC(=O)O.[Na+].[O-]Cl. The van der Waals surface area contributed by atoms with Crippen LogP contribution in [0.25, 0.3) is 0 Å². The second kappa shape index (κ2) is 15.9. The van der Waals surface area contributed by atoms with Gasteiger partial charge in [-0.1, -0.05) is 0 Å². The Bertz CT molecular complexity index is 35.9. The Kier molecular flexibility index (Phi) is 35.5. The number of hydrogen-bond donors (Lipinski definition) is 1. The van der Waals surface area contributed by atoms with Crippen LogP contribution in [0.5, 0.6) is 0 Å². The fourth-order valence-electron chi connectivity index (χ4n) is 0. The van der Waals surface area contributed by atoms with Gasteiger partial charge in [-0.2, -0.15) is 0 Å². The van der Waals surface area contributed by atoms with Gasteiger partial charge in [-0.3, -0.25) is 4.79 Å². The molecule has 0 unspecified atom stereocenters. The Hall–Kier alpha value is 0.720. The molecular weight excluding hydrogens is 130 g/mol. The van der Waals surface area contributed by atoms with Crippen molar-refractivity contribution in [3.05, 3.63) is 0 Å². The van der Waals surface area contributed by atoms with Crippen molar-refractivity contribution < 1.29 is 44.1 Å². The van der Waals surface area contributed by atoms with Crippen LogP contribution in [0.15, 0.2) is 0 Å². The smallest absolute Gasteiger partial charge is 0.769 e. The number of carbonyl (C=O) groups is 1. The van der Waals surface area contributed by atoms with Gasteiger partial charge in [0.1, 0.15) is 0 Å². The molecule has 0 aromatic rings. The second-order valence-corrected chi connectivity index (χ2v) is 0.519. The summed E-state index contributed by atoms with van der Waals surface area (Å²) < 4.78 is 7.72. The summed E-state index contributed by atoms with van der Waals surface area (Å²) in [6.07, 6.45) is 0. The van der Waals surface area contributed by atoms with Crippen LogP contribution < -0.4 is 34.2 Å². The van der Waals surface area contributed by atoms with Crippen LogP contribution in [0.3, 0.4) is 0 Å². The first-order valence-corrected chi connectivity index (χ1v) is 1.39. The van der Waals surface area contributed by atoms with Gasteiger partial charge in [0.05, 0.1) is 0 Å². The molecule has 0 atom stereocenters. The van der Waals surface area contributed by atoms with Gasteiger partial charge in [-0.15, -0.1) is 0 Å². The monoisotopic (exact) mass is 134 g/mol. The predicted octanol–water partition coefficient (Wildman–Crippen LogP) is -3.40. The molecule has 0 amide bonds. The number of hydrogen-bond acceptors (Lipinski definition) is 2. The van der Waals surface area contributed by atoms with Crippen molar-refractivity contribution in [2.24, 2.45) is 0 Å². The van der Waals surface area contributed by atoms with Gasteiger partial charge in [0.2, 0.25) is 0 Å². The van der Waals surface area contributed by atoms with Crippen LogP contribution in [0, 0.1) is 0 Å². The summed E-state index contributed by atoms with van der Waals surface area (Å²) in [4.78, 5) is 9.00. The summed E-state index contributed by atoms with van der Waals surface area (Å²) in [5.41, 5.74) is 0. The van der Waals surface area contributed by atoms with Crippen molar-refractivity contribution in [2.45, 2.75) is 6.92 Å². The summed E-state index contributed by atoms with van der Waals surface area (Å²) in [5, 5.41) is 7.42. The van der Waals surface area contributed by atoms with Gasteiger partial charge >= 0.3 is 29.6 Å². The number of aliphatic carboxylic acids is 1. The van der Waals surface area contributed by atoms with E-state index in [1.807, 2.05) is 0 Å². The third-order valence-electron chi connectivity index (χ3n) is 0. The Morgan fingerprint density at radius 2 is 1.71 bits per heavy atom. The zero-order chi connectivity index (χ0) is 5.58. The average Bonchev–Trinajstić information content (AvgIpc) is 1.41. The largest absolute Gasteiger partial charge is 1.00 e. The minimum Gasteiger partial charge on any atom is -0.769 e. The minimum atomic E-state index is -0.833. The van der Waals surface area contributed by atoms with Crippen molar-refractivity contribution in [1.29, 1.82) is 0 Å². The van der Waals surface area contributed by atoms with E-state index in [-0.39, 0.29) is 29.6 Å². The minimum absolute atomic E-state index is 0. The molecular formula is C2H4ClNaO3. The molecule has 0 spiro atoms. The van der Waals surface area contributed by atoms with Crippen molar-refractivity contribution >= 4 is 17.8 Å². The quantitative estimate of drug-likeness (QED) is 0.351. The third-order valence-corrected chi connectivity index (χ3v) is 0. The topological polar surface area (TPSA) is 60.4 Å². The average molecular weight is 134 g/mol. The molecule has 0 aromatic carbocycles. The van der Waals surface area contributed by atoms with E-state index < -0.39 is 5.97 Å². The summed E-state index contributed by atoms with van der Waals surface area (Å²) in [7, 11) is 0. The molecule has 3 nitrogen and oxygen atoms in total. The van der Waals surface area contributed by atoms with Crippen LogP contribution in [-0.2, 0) is 4.79 Å². The molecule has 0 fully saturated rings. The zero-order valence-corrected chi connectivity index (χ0v) is 6.90. The molecule has 38 valence electrons. The molecule has 7 heavy (non-hydrogen) atoms. The number of carboxylic acid groups (broad SMARTS) is 1. The molecule has 5 heteroatoms. The number of carboxylic acids is 1. The molecule has 0 bridgehead atoms. The predicted molar refractivity (Wildman–Crippen MR) is 19.2 cm³/mol. The molecule has 1 N–H and O–H groups in total. The molecule has 0 rings (SSSR count). The molecule has 0 heterocycles. The second-order valence-electron chi connectivity index (χ2n) is 0.519. The van der Waals surface area contributed by atoms with Crippen LogP contribution in [0.4, 0.5) is 0 Å². The zero-order valence-electron chi connectivity index (χ0n) is 4.14. The molecule has 0 radical (unpaired) electrons. The van der Waals surface area contributed by atoms with E-state index in [1.54, 1.807) is 0 Å². The maximum Gasteiger partial charge on any atom is 1.00 e. The normalized spacial score (nSPS) is 4.43. The van der Waals surface area contributed by atoms with Crippen molar-refractivity contribution in [2.75, 3.05) is 0 Å². The van der Waals surface area contributed by atoms with Crippen LogP contribution >= 0.6 is 11.9 Å². The fraction of sp³-hybridized carbons (Fsp3) is 0.500. The van der Waals surface area contributed by atoms with Gasteiger partial charge in [0.15, 0.2) is 0 Å². The molecule has 0 aliphatic carbocycles. The van der Waals surface area contributed by atoms with Crippen molar-refractivity contribution in [3.8, 4) is 0 Å². The van der Waals surface area contributed by atoms with Crippen LogP contribution in [0.2, 0.25) is 0 Å². The molecule has 0 aromatic heterocycles. The Balaban J connectivity index is -0.0000000480. The Morgan fingerprint density at radius 3 is 1.71 bits per heavy atom. The first-order chi connectivity index (χ1) is 2.73. The Labute approximate surface area is 68.7 Å². The van der Waals surface area contributed by atoms with Gasteiger partial charge in [-0.05, 0) is 0 Å². The molecule has 0 aliphatic rings. The van der Waals surface area contributed by atoms with E-state index >= 15 is 0 Å². The summed E-state index contributed by atoms with van der Waals surface area (Å²) in [5.74, 6) is -0.833. The summed E-state index contributed by atoms with van der Waals surface area (Å²) in [6.45, 7) is 1.08. The van der Waals surface area contributed by atoms with Crippen molar-refractivity contribution in [3.63, 3.8) is 0 Å². The number of halogens is 1. The Morgan fingerprint density at radius 1 is 1.71 bits per heavy atom. The molecule has 0 saturated heterocycles. The third kappa shape index (κ3) is 289. The number of rotatable bonds is 0. The summed E-state index contributed by atoms with van der Waals surface area (Å²) in [6, 6.07) is 0.